The molecule has 3 rings (SSSR count). The van der Waals surface area contributed by atoms with Gasteiger partial charge in [-0.25, -0.2) is 0 Å². The van der Waals surface area contributed by atoms with Crippen molar-refractivity contribution >= 4 is 23.2 Å². The van der Waals surface area contributed by atoms with Gasteiger partial charge < -0.3 is 20.3 Å². The number of benzene rings is 2. The molecule has 0 spiro atoms. The summed E-state index contributed by atoms with van der Waals surface area (Å²) in [6.45, 7) is 7.93. The van der Waals surface area contributed by atoms with Crippen LogP contribution in [0.15, 0.2) is 48.5 Å². The van der Waals surface area contributed by atoms with Gasteiger partial charge in [0.15, 0.2) is 0 Å². The molecule has 2 amide bonds. The maximum atomic E-state index is 12.6. The normalized spacial score (nSPS) is 14.5. The zero-order valence-corrected chi connectivity index (χ0v) is 18.0. The van der Waals surface area contributed by atoms with Crippen LogP contribution in [0.5, 0.6) is 5.75 Å². The van der Waals surface area contributed by atoms with Gasteiger partial charge in [0, 0.05) is 36.1 Å². The van der Waals surface area contributed by atoms with Crippen molar-refractivity contribution in [1.82, 2.24) is 4.90 Å². The number of carbonyl (C=O) groups excluding carboxylic acids is 2. The van der Waals surface area contributed by atoms with Crippen molar-refractivity contribution in [2.24, 2.45) is 5.92 Å². The van der Waals surface area contributed by atoms with E-state index in [9.17, 15) is 9.59 Å². The lowest BCUT2D eigenvalue weighted by Crippen LogP contribution is -2.37. The summed E-state index contributed by atoms with van der Waals surface area (Å²) in [5.41, 5.74) is 2.17. The average molecular weight is 410 g/mol. The van der Waals surface area contributed by atoms with Gasteiger partial charge in [0.2, 0.25) is 5.91 Å². The first-order valence-corrected chi connectivity index (χ1v) is 10.6. The van der Waals surface area contributed by atoms with Crippen LogP contribution < -0.4 is 15.4 Å². The SMILES string of the molecule is CC1CCN(C(=O)c2ccc(NCC(=O)Nc3cccc(OC(C)C)c3)cc2)CC1. The number of nitrogens with zero attached hydrogens (tertiary/aromatic N) is 1. The lowest BCUT2D eigenvalue weighted by atomic mass is 9.98. The molecule has 2 aromatic rings. The van der Waals surface area contributed by atoms with E-state index in [-0.39, 0.29) is 24.5 Å². The van der Waals surface area contributed by atoms with Crippen LogP contribution in [0.4, 0.5) is 11.4 Å². The van der Waals surface area contributed by atoms with E-state index >= 15 is 0 Å². The van der Waals surface area contributed by atoms with Gasteiger partial charge in [-0.2, -0.15) is 0 Å². The van der Waals surface area contributed by atoms with E-state index in [2.05, 4.69) is 17.6 Å². The maximum absolute atomic E-state index is 12.6. The highest BCUT2D eigenvalue weighted by Gasteiger charge is 2.21. The summed E-state index contributed by atoms with van der Waals surface area (Å²) in [6.07, 6.45) is 2.20. The second-order valence-electron chi connectivity index (χ2n) is 8.15. The first kappa shape index (κ1) is 21.7. The number of nitrogens with one attached hydrogen (secondary N) is 2. The minimum atomic E-state index is -0.153. The van der Waals surface area contributed by atoms with E-state index in [0.29, 0.717) is 17.2 Å². The molecule has 1 saturated heterocycles. The fraction of sp³-hybridized carbons (Fsp3) is 0.417. The molecule has 6 nitrogen and oxygen atoms in total. The largest absolute Gasteiger partial charge is 0.491 e. The Hall–Kier alpha value is -3.02. The molecule has 1 aliphatic heterocycles. The molecule has 1 heterocycles. The van der Waals surface area contributed by atoms with Crippen LogP contribution in [-0.4, -0.2) is 42.5 Å². The third kappa shape index (κ3) is 6.24. The monoisotopic (exact) mass is 409 g/mol. The van der Waals surface area contributed by atoms with Crippen LogP contribution in [0, 0.1) is 5.92 Å². The van der Waals surface area contributed by atoms with E-state index in [4.69, 9.17) is 4.74 Å². The van der Waals surface area contributed by atoms with Gasteiger partial charge in [-0.3, -0.25) is 9.59 Å². The Morgan fingerprint density at radius 1 is 1.07 bits per heavy atom. The highest BCUT2D eigenvalue weighted by molar-refractivity contribution is 5.95. The van der Waals surface area contributed by atoms with Crippen LogP contribution in [0.25, 0.3) is 0 Å². The lowest BCUT2D eigenvalue weighted by molar-refractivity contribution is -0.114. The van der Waals surface area contributed by atoms with Gasteiger partial charge in [0.25, 0.3) is 5.91 Å². The van der Waals surface area contributed by atoms with Gasteiger partial charge in [0.05, 0.1) is 12.6 Å². The Balaban J connectivity index is 1.49. The van der Waals surface area contributed by atoms with Gasteiger partial charge in [-0.15, -0.1) is 0 Å². The Labute approximate surface area is 178 Å². The molecule has 0 atom stereocenters. The topological polar surface area (TPSA) is 70.7 Å². The predicted molar refractivity (Wildman–Crippen MR) is 120 cm³/mol. The van der Waals surface area contributed by atoms with Gasteiger partial charge in [0.1, 0.15) is 5.75 Å². The van der Waals surface area contributed by atoms with Crippen LogP contribution in [-0.2, 0) is 4.79 Å². The molecule has 0 unspecified atom stereocenters. The number of carbonyl (C=O) groups is 2. The zero-order valence-electron chi connectivity index (χ0n) is 18.0. The quantitative estimate of drug-likeness (QED) is 0.711. The fourth-order valence-electron chi connectivity index (χ4n) is 3.43. The number of piperidine rings is 1. The Morgan fingerprint density at radius 3 is 2.43 bits per heavy atom. The zero-order chi connectivity index (χ0) is 21.5. The third-order valence-electron chi connectivity index (χ3n) is 5.15. The number of likely N-dealkylation sites (tertiary alicyclic amines) is 1. The van der Waals surface area contributed by atoms with Crippen molar-refractivity contribution in [3.8, 4) is 5.75 Å². The summed E-state index contributed by atoms with van der Waals surface area (Å²) in [5.74, 6) is 1.34. The number of rotatable bonds is 7. The van der Waals surface area contributed by atoms with Crippen molar-refractivity contribution in [3.63, 3.8) is 0 Å². The Kier molecular flexibility index (Phi) is 7.33. The van der Waals surface area contributed by atoms with Gasteiger partial charge in [-0.05, 0) is 69.0 Å². The van der Waals surface area contributed by atoms with Gasteiger partial charge >= 0.3 is 0 Å². The molecule has 2 aromatic carbocycles. The van der Waals surface area contributed by atoms with Gasteiger partial charge in [-0.1, -0.05) is 13.0 Å². The summed E-state index contributed by atoms with van der Waals surface area (Å²) < 4.78 is 5.65. The number of ether oxygens (including phenoxy) is 1. The van der Waals surface area contributed by atoms with Crippen molar-refractivity contribution < 1.29 is 14.3 Å². The van der Waals surface area contributed by atoms with Crippen LogP contribution in [0.3, 0.4) is 0 Å². The van der Waals surface area contributed by atoms with E-state index < -0.39 is 0 Å². The maximum Gasteiger partial charge on any atom is 0.253 e. The molecular formula is C24H31N3O3. The average Bonchev–Trinajstić information content (AvgIpc) is 2.72. The number of hydrogen-bond donors (Lipinski definition) is 2. The Bertz CT molecular complexity index is 856. The second-order valence-corrected chi connectivity index (χ2v) is 8.15. The number of amides is 2. The van der Waals surface area contributed by atoms with E-state index in [1.807, 2.05) is 61.2 Å². The van der Waals surface area contributed by atoms with E-state index in [1.165, 1.54) is 0 Å². The Morgan fingerprint density at radius 2 is 1.77 bits per heavy atom. The summed E-state index contributed by atoms with van der Waals surface area (Å²) >= 11 is 0. The molecule has 2 N–H and O–H groups in total. The first-order valence-electron chi connectivity index (χ1n) is 10.6. The van der Waals surface area contributed by atoms with Crippen molar-refractivity contribution in [1.29, 1.82) is 0 Å². The summed E-state index contributed by atoms with van der Waals surface area (Å²) in [7, 11) is 0. The molecule has 1 fully saturated rings. The standard InChI is InChI=1S/C24H31N3O3/c1-17(2)30-22-6-4-5-21(15-22)26-23(28)16-25-20-9-7-19(8-10-20)24(29)27-13-11-18(3)12-14-27/h4-10,15,17-18,25H,11-14,16H2,1-3H3,(H,26,28). The fourth-order valence-corrected chi connectivity index (χ4v) is 3.43. The molecule has 0 radical (unpaired) electrons. The van der Waals surface area contributed by atoms with E-state index in [1.54, 1.807) is 6.07 Å². The van der Waals surface area contributed by atoms with Crippen molar-refractivity contribution in [3.05, 3.63) is 54.1 Å². The molecule has 30 heavy (non-hydrogen) atoms. The summed E-state index contributed by atoms with van der Waals surface area (Å²) in [6, 6.07) is 14.6. The second kappa shape index (κ2) is 10.1. The first-order chi connectivity index (χ1) is 14.4. The molecule has 0 bridgehead atoms. The molecule has 1 aliphatic rings. The smallest absolute Gasteiger partial charge is 0.253 e. The summed E-state index contributed by atoms with van der Waals surface area (Å²) in [5, 5.41) is 5.95. The van der Waals surface area contributed by atoms with Crippen LogP contribution >= 0.6 is 0 Å². The molecule has 0 aliphatic carbocycles. The summed E-state index contributed by atoms with van der Waals surface area (Å²) in [4.78, 5) is 26.8. The number of hydrogen-bond acceptors (Lipinski definition) is 4. The minimum absolute atomic E-state index is 0.0749. The number of anilines is 2. The molecule has 0 saturated carbocycles. The third-order valence-corrected chi connectivity index (χ3v) is 5.15. The lowest BCUT2D eigenvalue weighted by Gasteiger charge is -2.30. The molecule has 0 aromatic heterocycles. The predicted octanol–water partition coefficient (Wildman–Crippen LogP) is 4.40. The van der Waals surface area contributed by atoms with Crippen molar-refractivity contribution in [2.75, 3.05) is 30.3 Å². The van der Waals surface area contributed by atoms with Crippen LogP contribution in [0.2, 0.25) is 0 Å². The molecule has 160 valence electrons. The van der Waals surface area contributed by atoms with Crippen LogP contribution in [0.1, 0.15) is 44.0 Å². The molecular weight excluding hydrogens is 378 g/mol. The highest BCUT2D eigenvalue weighted by Crippen LogP contribution is 2.20. The highest BCUT2D eigenvalue weighted by atomic mass is 16.5. The van der Waals surface area contributed by atoms with Crippen molar-refractivity contribution in [2.45, 2.75) is 39.7 Å². The van der Waals surface area contributed by atoms with E-state index in [0.717, 1.165) is 37.4 Å². The minimum Gasteiger partial charge on any atom is -0.491 e. The molecule has 6 heteroatoms.